The van der Waals surface area contributed by atoms with Crippen molar-refractivity contribution in [1.29, 1.82) is 0 Å². The molecule has 59 heavy (non-hydrogen) atoms. The summed E-state index contributed by atoms with van der Waals surface area (Å²) in [5, 5.41) is 5.42. The van der Waals surface area contributed by atoms with E-state index >= 15 is 0 Å². The van der Waals surface area contributed by atoms with E-state index in [1.807, 2.05) is 51.7 Å². The smallest absolute Gasteiger partial charge is 0.407 e. The summed E-state index contributed by atoms with van der Waals surface area (Å²) in [6.45, 7) is 10.9. The van der Waals surface area contributed by atoms with Crippen LogP contribution in [-0.2, 0) is 32.3 Å². The Kier molecular flexibility index (Phi) is 10.7. The molecule has 16 nitrogen and oxygen atoms in total. The molecule has 4 aliphatic heterocycles. The van der Waals surface area contributed by atoms with Crippen molar-refractivity contribution >= 4 is 24.0 Å². The molecular formula is C43H52N8O8. The predicted molar refractivity (Wildman–Crippen MR) is 216 cm³/mol. The van der Waals surface area contributed by atoms with Gasteiger partial charge in [0.05, 0.1) is 50.1 Å². The first-order valence-corrected chi connectivity index (χ1v) is 20.4. The van der Waals surface area contributed by atoms with E-state index in [1.165, 1.54) is 14.2 Å². The lowest BCUT2D eigenvalue weighted by atomic mass is 9.87. The van der Waals surface area contributed by atoms with Gasteiger partial charge in [-0.25, -0.2) is 19.6 Å². The van der Waals surface area contributed by atoms with Gasteiger partial charge in [0.1, 0.15) is 48.4 Å². The molecule has 2 fully saturated rings. The third-order valence-electron chi connectivity index (χ3n) is 12.1. The molecule has 4 N–H and O–H groups in total. The van der Waals surface area contributed by atoms with E-state index in [-0.39, 0.29) is 41.8 Å². The summed E-state index contributed by atoms with van der Waals surface area (Å²) >= 11 is 0. The van der Waals surface area contributed by atoms with Crippen LogP contribution in [0.2, 0.25) is 0 Å². The number of nitrogens with zero attached hydrogens (tertiary/aromatic N) is 4. The topological polar surface area (TPSA) is 193 Å². The molecule has 2 aromatic carbocycles. The molecule has 5 atom stereocenters. The fourth-order valence-electron chi connectivity index (χ4n) is 8.97. The predicted octanol–water partition coefficient (Wildman–Crippen LogP) is 6.40. The number of aromatic nitrogens is 4. The zero-order chi connectivity index (χ0) is 41.7. The van der Waals surface area contributed by atoms with Gasteiger partial charge < -0.3 is 49.3 Å². The van der Waals surface area contributed by atoms with Crippen LogP contribution in [-0.4, -0.2) is 92.6 Å². The molecule has 0 radical (unpaired) electrons. The molecule has 0 saturated carbocycles. The quantitative estimate of drug-likeness (QED) is 0.139. The van der Waals surface area contributed by atoms with Crippen molar-refractivity contribution in [3.05, 3.63) is 59.4 Å². The van der Waals surface area contributed by atoms with Crippen LogP contribution in [0.25, 0.3) is 33.6 Å². The fraction of sp³-hybridized carbons (Fsp3) is 0.488. The maximum Gasteiger partial charge on any atom is 0.407 e. The SMILES string of the molecule is COC(=O)N[C@H](C(=O)N1CCC[C@H]1c1ncc(-c2cc3c4c(c2)OCc2cc(-c5cnc([C@@H]6CC[C@H](C)N6C(=O)[C@@H](NC(=O)OC)C(C)C)[nH]5)cc(c2-4)OC3)[nH]1)C(C)C. The van der Waals surface area contributed by atoms with Crippen molar-refractivity contribution in [2.75, 3.05) is 20.8 Å². The molecule has 16 heteroatoms. The Morgan fingerprint density at radius 1 is 0.729 bits per heavy atom. The summed E-state index contributed by atoms with van der Waals surface area (Å²) in [7, 11) is 2.57. The second kappa shape index (κ2) is 15.9. The number of aromatic amines is 2. The van der Waals surface area contributed by atoms with Crippen LogP contribution in [0.3, 0.4) is 0 Å². The van der Waals surface area contributed by atoms with Gasteiger partial charge >= 0.3 is 12.2 Å². The minimum atomic E-state index is -0.728. The summed E-state index contributed by atoms with van der Waals surface area (Å²) in [6, 6.07) is 6.25. The van der Waals surface area contributed by atoms with Crippen LogP contribution < -0.4 is 20.1 Å². The summed E-state index contributed by atoms with van der Waals surface area (Å²) in [4.78, 5) is 71.8. The molecule has 0 unspecified atom stereocenters. The fourth-order valence-corrected chi connectivity index (χ4v) is 8.97. The van der Waals surface area contributed by atoms with Gasteiger partial charge in [-0.15, -0.1) is 0 Å². The van der Waals surface area contributed by atoms with Gasteiger partial charge in [0.25, 0.3) is 0 Å². The van der Waals surface area contributed by atoms with Gasteiger partial charge in [-0.05, 0) is 68.7 Å². The van der Waals surface area contributed by atoms with Crippen molar-refractivity contribution in [1.82, 2.24) is 40.4 Å². The lowest BCUT2D eigenvalue weighted by Gasteiger charge is -2.33. The van der Waals surface area contributed by atoms with E-state index in [2.05, 4.69) is 32.7 Å². The number of carbonyl (C=O) groups excluding carboxylic acids is 4. The van der Waals surface area contributed by atoms with E-state index in [4.69, 9.17) is 28.9 Å². The van der Waals surface area contributed by atoms with Gasteiger partial charge in [0.2, 0.25) is 11.8 Å². The van der Waals surface area contributed by atoms with Crippen LogP contribution in [0.5, 0.6) is 11.5 Å². The number of ether oxygens (including phenoxy) is 4. The van der Waals surface area contributed by atoms with Crippen molar-refractivity contribution in [3.8, 4) is 45.1 Å². The average Bonchev–Trinajstić information content (AvgIpc) is 4.07. The third-order valence-corrected chi connectivity index (χ3v) is 12.1. The number of hydrogen-bond acceptors (Lipinski definition) is 10. The Balaban J connectivity index is 1.02. The molecule has 4 amide bonds. The Morgan fingerprint density at radius 3 is 1.75 bits per heavy atom. The van der Waals surface area contributed by atoms with Crippen LogP contribution in [0.1, 0.15) is 95.2 Å². The number of nitrogens with one attached hydrogen (secondary N) is 4. The van der Waals surface area contributed by atoms with Crippen LogP contribution in [0, 0.1) is 11.8 Å². The Labute approximate surface area is 342 Å². The standard InChI is InChI=1S/C43H52N8O8/c1-21(2)36(48-42(54)56-6)40(52)50-12-8-9-30(50)38-44-17-28(46-38)24-13-26-19-59-33-16-25(14-27-20-58-32(15-24)34(26)35(27)33)29-18-45-39(47-29)31-11-10-23(5)51(31)41(53)37(22(3)4)49-43(55)57-7/h13-18,21-23,30-31,36-37H,8-12,19-20H2,1-7H3,(H,44,46)(H,45,47)(H,48,54)(H,49,55)/t23-,30-,31-,36-,37-/m0/s1. The van der Waals surface area contributed by atoms with Crippen LogP contribution in [0.15, 0.2) is 36.7 Å². The molecule has 8 rings (SSSR count). The number of carbonyl (C=O) groups is 4. The van der Waals surface area contributed by atoms with Crippen LogP contribution >= 0.6 is 0 Å². The minimum Gasteiger partial charge on any atom is -0.488 e. The van der Waals surface area contributed by atoms with Crippen molar-refractivity contribution < 1.29 is 38.1 Å². The molecule has 4 aromatic rings. The van der Waals surface area contributed by atoms with Gasteiger partial charge in [0, 0.05) is 46.0 Å². The number of amides is 4. The molecule has 0 aliphatic carbocycles. The number of alkyl carbamates (subject to hydrolysis) is 2. The Morgan fingerprint density at radius 2 is 1.24 bits per heavy atom. The lowest BCUT2D eigenvalue weighted by molar-refractivity contribution is -0.137. The number of benzene rings is 2. The average molecular weight is 809 g/mol. The first kappa shape index (κ1) is 39.8. The van der Waals surface area contributed by atoms with Gasteiger partial charge in [0.15, 0.2) is 0 Å². The van der Waals surface area contributed by atoms with Crippen LogP contribution in [0.4, 0.5) is 9.59 Å². The maximum absolute atomic E-state index is 13.9. The van der Waals surface area contributed by atoms with Crippen molar-refractivity contribution in [3.63, 3.8) is 0 Å². The first-order chi connectivity index (χ1) is 28.4. The lowest BCUT2D eigenvalue weighted by Crippen LogP contribution is -2.52. The molecule has 312 valence electrons. The third kappa shape index (κ3) is 7.33. The van der Waals surface area contributed by atoms with Crippen molar-refractivity contribution in [2.24, 2.45) is 11.8 Å². The van der Waals surface area contributed by atoms with E-state index < -0.39 is 24.3 Å². The molecule has 4 aliphatic rings. The summed E-state index contributed by atoms with van der Waals surface area (Å²) in [5.41, 5.74) is 7.39. The molecule has 2 aromatic heterocycles. The highest BCUT2D eigenvalue weighted by Crippen LogP contribution is 2.51. The minimum absolute atomic E-state index is 0.0280. The highest BCUT2D eigenvalue weighted by atomic mass is 16.5. The number of likely N-dealkylation sites (tertiary alicyclic amines) is 2. The molecule has 0 spiro atoms. The second-order valence-electron chi connectivity index (χ2n) is 16.6. The maximum atomic E-state index is 13.9. The largest absolute Gasteiger partial charge is 0.488 e. The van der Waals surface area contributed by atoms with Gasteiger partial charge in [-0.2, -0.15) is 0 Å². The highest BCUT2D eigenvalue weighted by molar-refractivity contribution is 5.89. The molecule has 0 bridgehead atoms. The zero-order valence-electron chi connectivity index (χ0n) is 34.5. The Bertz CT molecular complexity index is 2230. The molecule has 6 heterocycles. The zero-order valence-corrected chi connectivity index (χ0v) is 34.5. The molecular weight excluding hydrogens is 757 g/mol. The normalized spacial score (nSPS) is 20.1. The summed E-state index contributed by atoms with van der Waals surface area (Å²) in [5.74, 6) is 2.31. The van der Waals surface area contributed by atoms with E-state index in [0.717, 1.165) is 82.0 Å². The number of imidazole rings is 2. The molecule has 2 saturated heterocycles. The van der Waals surface area contributed by atoms with E-state index in [1.54, 1.807) is 17.3 Å². The number of rotatable bonds is 10. The van der Waals surface area contributed by atoms with Gasteiger partial charge in [-0.3, -0.25) is 9.59 Å². The Hall–Kier alpha value is -6.06. The van der Waals surface area contributed by atoms with Gasteiger partial charge in [-0.1, -0.05) is 27.7 Å². The summed E-state index contributed by atoms with van der Waals surface area (Å²) in [6.07, 6.45) is 5.44. The number of hydrogen-bond donors (Lipinski definition) is 4. The first-order valence-electron chi connectivity index (χ1n) is 20.4. The summed E-state index contributed by atoms with van der Waals surface area (Å²) < 4.78 is 22.5. The van der Waals surface area contributed by atoms with E-state index in [0.29, 0.717) is 31.4 Å². The van der Waals surface area contributed by atoms with E-state index in [9.17, 15) is 19.2 Å². The monoisotopic (exact) mass is 808 g/mol. The number of H-pyrrole nitrogens is 2. The van der Waals surface area contributed by atoms with Crippen molar-refractivity contribution in [2.45, 2.75) is 104 Å². The number of methoxy groups -OCH3 is 2. The highest BCUT2D eigenvalue weighted by Gasteiger charge is 2.42. The second-order valence-corrected chi connectivity index (χ2v) is 16.6.